The van der Waals surface area contributed by atoms with Crippen LogP contribution >= 0.6 is 11.8 Å². The molecule has 0 amide bonds. The Kier molecular flexibility index (Phi) is 5.09. The molecule has 8 heteroatoms. The third-order valence-electron chi connectivity index (χ3n) is 3.20. The molecule has 0 aliphatic carbocycles. The van der Waals surface area contributed by atoms with Gasteiger partial charge in [0.15, 0.2) is 11.4 Å². The van der Waals surface area contributed by atoms with Crippen LogP contribution in [0.15, 0.2) is 70.8 Å². The lowest BCUT2D eigenvalue weighted by Crippen LogP contribution is -2.04. The maximum absolute atomic E-state index is 12.6. The zero-order valence-corrected chi connectivity index (χ0v) is 13.9. The molecule has 0 N–H and O–H groups in total. The molecule has 1 aromatic carbocycles. The molecule has 26 heavy (non-hydrogen) atoms. The molecular weight excluding hydrogens is 363 g/mol. The monoisotopic (exact) mass is 373 g/mol. The predicted molar refractivity (Wildman–Crippen MR) is 88.8 cm³/mol. The molecule has 0 atom stereocenters. The highest BCUT2D eigenvalue weighted by atomic mass is 32.2. The molecule has 0 bridgehead atoms. The van der Waals surface area contributed by atoms with Crippen molar-refractivity contribution in [1.29, 1.82) is 5.26 Å². The first kappa shape index (κ1) is 17.8. The zero-order valence-electron chi connectivity index (χ0n) is 13.1. The lowest BCUT2D eigenvalue weighted by Gasteiger charge is -2.10. The van der Waals surface area contributed by atoms with Gasteiger partial charge in [-0.25, -0.2) is 9.97 Å². The summed E-state index contributed by atoms with van der Waals surface area (Å²) in [7, 11) is 0. The molecule has 0 radical (unpaired) electrons. The molecule has 0 aliphatic rings. The zero-order chi connectivity index (χ0) is 18.6. The van der Waals surface area contributed by atoms with E-state index in [1.54, 1.807) is 18.3 Å². The fourth-order valence-electron chi connectivity index (χ4n) is 2.01. The highest BCUT2D eigenvalue weighted by molar-refractivity contribution is 7.99. The van der Waals surface area contributed by atoms with Gasteiger partial charge >= 0.3 is 6.18 Å². The van der Waals surface area contributed by atoms with Crippen LogP contribution in [0.1, 0.15) is 11.3 Å². The van der Waals surface area contributed by atoms with Crippen molar-refractivity contribution in [3.05, 3.63) is 72.2 Å². The van der Waals surface area contributed by atoms with Crippen molar-refractivity contribution in [3.63, 3.8) is 0 Å². The van der Waals surface area contributed by atoms with Crippen LogP contribution < -0.4 is 4.74 Å². The average Bonchev–Trinajstić information content (AvgIpc) is 2.63. The minimum atomic E-state index is -4.42. The lowest BCUT2D eigenvalue weighted by molar-refractivity contribution is -0.137. The van der Waals surface area contributed by atoms with Gasteiger partial charge in [-0.3, -0.25) is 0 Å². The highest BCUT2D eigenvalue weighted by Gasteiger charge is 2.30. The second-order valence-electron chi connectivity index (χ2n) is 5.02. The summed E-state index contributed by atoms with van der Waals surface area (Å²) in [4.78, 5) is 8.90. The van der Waals surface area contributed by atoms with Gasteiger partial charge in [0, 0.05) is 17.3 Å². The van der Waals surface area contributed by atoms with Crippen molar-refractivity contribution >= 4 is 11.8 Å². The Labute approximate surface area is 151 Å². The Bertz CT molecular complexity index is 939. The molecule has 2 aromatic heterocycles. The van der Waals surface area contributed by atoms with Gasteiger partial charge in [-0.1, -0.05) is 17.8 Å². The molecule has 0 saturated carbocycles. The summed E-state index contributed by atoms with van der Waals surface area (Å²) >= 11 is 1.33. The van der Waals surface area contributed by atoms with Gasteiger partial charge in [0.25, 0.3) is 0 Å². The summed E-state index contributed by atoms with van der Waals surface area (Å²) in [5.41, 5.74) is -0.738. The number of rotatable bonds is 4. The van der Waals surface area contributed by atoms with Crippen LogP contribution in [0.3, 0.4) is 0 Å². The van der Waals surface area contributed by atoms with Crippen molar-refractivity contribution in [1.82, 2.24) is 9.97 Å². The Balaban J connectivity index is 1.84. The quantitative estimate of drug-likeness (QED) is 0.620. The third kappa shape index (κ3) is 4.32. The summed E-state index contributed by atoms with van der Waals surface area (Å²) in [5, 5.41) is 9.90. The molecule has 0 spiro atoms. The van der Waals surface area contributed by atoms with Gasteiger partial charge in [-0.2, -0.15) is 18.4 Å². The number of pyridine rings is 2. The van der Waals surface area contributed by atoms with Crippen molar-refractivity contribution in [2.24, 2.45) is 0 Å². The minimum absolute atomic E-state index is 0.0373. The van der Waals surface area contributed by atoms with E-state index >= 15 is 0 Å². The van der Waals surface area contributed by atoms with Gasteiger partial charge in [0.1, 0.15) is 16.8 Å². The van der Waals surface area contributed by atoms with Crippen molar-refractivity contribution < 1.29 is 17.9 Å². The first-order valence-electron chi connectivity index (χ1n) is 7.30. The Morgan fingerprint density at radius 1 is 1.04 bits per heavy atom. The van der Waals surface area contributed by atoms with E-state index in [9.17, 15) is 13.2 Å². The fraction of sp³-hybridized carbons (Fsp3) is 0.0556. The van der Waals surface area contributed by atoms with E-state index in [0.717, 1.165) is 17.2 Å². The molecule has 0 fully saturated rings. The van der Waals surface area contributed by atoms with E-state index in [4.69, 9.17) is 10.00 Å². The van der Waals surface area contributed by atoms with Gasteiger partial charge in [-0.05, 0) is 42.5 Å². The highest BCUT2D eigenvalue weighted by Crippen LogP contribution is 2.34. The minimum Gasteiger partial charge on any atom is -0.454 e. The molecule has 4 nitrogen and oxygen atoms in total. The Morgan fingerprint density at radius 2 is 1.81 bits per heavy atom. The van der Waals surface area contributed by atoms with Gasteiger partial charge in [-0.15, -0.1) is 0 Å². The van der Waals surface area contributed by atoms with Crippen molar-refractivity contribution in [2.45, 2.75) is 16.1 Å². The SMILES string of the molecule is N#Cc1ncc(Sc2ccccn2)cc1Oc1ccc(C(F)(F)F)cc1. The smallest absolute Gasteiger partial charge is 0.416 e. The predicted octanol–water partition coefficient (Wildman–Crippen LogP) is 5.31. The Morgan fingerprint density at radius 3 is 2.42 bits per heavy atom. The molecule has 3 rings (SSSR count). The van der Waals surface area contributed by atoms with Crippen LogP contribution in [-0.4, -0.2) is 9.97 Å². The summed E-state index contributed by atoms with van der Waals surface area (Å²) in [6, 6.07) is 13.2. The number of halogens is 3. The maximum atomic E-state index is 12.6. The first-order chi connectivity index (χ1) is 12.5. The standard InChI is InChI=1S/C18H10F3N3OS/c19-18(20,21)12-4-6-13(7-5-12)25-16-9-14(11-24-15(16)10-22)26-17-3-1-2-8-23-17/h1-9,11H. The van der Waals surface area contributed by atoms with Crippen molar-refractivity contribution in [3.8, 4) is 17.6 Å². The van der Waals surface area contributed by atoms with E-state index in [0.29, 0.717) is 4.90 Å². The van der Waals surface area contributed by atoms with E-state index in [1.165, 1.54) is 30.1 Å². The molecule has 130 valence electrons. The van der Waals surface area contributed by atoms with Crippen LogP contribution in [0.2, 0.25) is 0 Å². The van der Waals surface area contributed by atoms with E-state index < -0.39 is 11.7 Å². The van der Waals surface area contributed by atoms with Crippen LogP contribution in [0.5, 0.6) is 11.5 Å². The molecule has 0 unspecified atom stereocenters. The molecule has 2 heterocycles. The summed E-state index contributed by atoms with van der Waals surface area (Å²) in [6.07, 6.45) is -1.26. The number of hydrogen-bond donors (Lipinski definition) is 0. The topological polar surface area (TPSA) is 58.8 Å². The number of ether oxygens (including phenoxy) is 1. The van der Waals surface area contributed by atoms with Gasteiger partial charge < -0.3 is 4.74 Å². The van der Waals surface area contributed by atoms with E-state index in [-0.39, 0.29) is 17.2 Å². The summed E-state index contributed by atoms with van der Waals surface area (Å²) < 4.78 is 43.4. The van der Waals surface area contributed by atoms with Crippen LogP contribution in [-0.2, 0) is 6.18 Å². The molecular formula is C18H10F3N3OS. The second kappa shape index (κ2) is 7.45. The van der Waals surface area contributed by atoms with Gasteiger partial charge in [0.2, 0.25) is 0 Å². The van der Waals surface area contributed by atoms with E-state index in [1.807, 2.05) is 18.2 Å². The number of hydrogen-bond acceptors (Lipinski definition) is 5. The second-order valence-corrected chi connectivity index (χ2v) is 6.12. The number of aromatic nitrogens is 2. The molecule has 0 aliphatic heterocycles. The molecule has 0 saturated heterocycles. The maximum Gasteiger partial charge on any atom is 0.416 e. The van der Waals surface area contributed by atoms with Crippen molar-refractivity contribution in [2.75, 3.05) is 0 Å². The average molecular weight is 373 g/mol. The third-order valence-corrected chi connectivity index (χ3v) is 4.11. The fourth-order valence-corrected chi connectivity index (χ4v) is 2.78. The Hall–Kier alpha value is -3.05. The number of nitriles is 1. The van der Waals surface area contributed by atoms with E-state index in [2.05, 4.69) is 9.97 Å². The van der Waals surface area contributed by atoms with Crippen LogP contribution in [0.4, 0.5) is 13.2 Å². The van der Waals surface area contributed by atoms with Crippen LogP contribution in [0, 0.1) is 11.3 Å². The summed E-state index contributed by atoms with van der Waals surface area (Å²) in [6.45, 7) is 0. The van der Waals surface area contributed by atoms with Crippen LogP contribution in [0.25, 0.3) is 0 Å². The van der Waals surface area contributed by atoms with Gasteiger partial charge in [0.05, 0.1) is 5.56 Å². The largest absolute Gasteiger partial charge is 0.454 e. The number of nitrogens with zero attached hydrogens (tertiary/aromatic N) is 3. The lowest BCUT2D eigenvalue weighted by atomic mass is 10.2. The number of alkyl halides is 3. The number of benzene rings is 1. The normalized spacial score (nSPS) is 11.0. The summed E-state index contributed by atoms with van der Waals surface area (Å²) in [5.74, 6) is 0.337. The molecule has 3 aromatic rings. The first-order valence-corrected chi connectivity index (χ1v) is 8.11.